The van der Waals surface area contributed by atoms with Crippen molar-refractivity contribution in [1.29, 1.82) is 0 Å². The Labute approximate surface area is 136 Å². The van der Waals surface area contributed by atoms with E-state index >= 15 is 0 Å². The summed E-state index contributed by atoms with van der Waals surface area (Å²) in [7, 11) is 3.78. The number of likely N-dealkylation sites (tertiary alicyclic amines) is 1. The molecule has 2 aromatic rings. The van der Waals surface area contributed by atoms with Crippen LogP contribution in [0.25, 0.3) is 0 Å². The molecule has 2 atom stereocenters. The van der Waals surface area contributed by atoms with Crippen molar-refractivity contribution in [1.82, 2.24) is 25.0 Å². The molecule has 6 heteroatoms. The molecule has 0 unspecified atom stereocenters. The molecule has 122 valence electrons. The quantitative estimate of drug-likeness (QED) is 0.907. The first-order valence-electron chi connectivity index (χ1n) is 7.91. The van der Waals surface area contributed by atoms with E-state index in [0.29, 0.717) is 13.0 Å². The monoisotopic (exact) mass is 313 g/mol. The number of amides is 1. The first kappa shape index (κ1) is 15.7. The maximum atomic E-state index is 12.1. The van der Waals surface area contributed by atoms with Gasteiger partial charge in [0.2, 0.25) is 5.91 Å². The maximum absolute atomic E-state index is 12.1. The van der Waals surface area contributed by atoms with Gasteiger partial charge < -0.3 is 10.2 Å². The molecule has 0 aromatic carbocycles. The molecule has 1 aliphatic rings. The van der Waals surface area contributed by atoms with Crippen LogP contribution < -0.4 is 5.32 Å². The molecule has 1 fully saturated rings. The van der Waals surface area contributed by atoms with Gasteiger partial charge in [0, 0.05) is 57.5 Å². The predicted octanol–water partition coefficient (Wildman–Crippen LogP) is 1.43. The lowest BCUT2D eigenvalue weighted by Crippen LogP contribution is -2.29. The third-order valence-corrected chi connectivity index (χ3v) is 4.45. The van der Waals surface area contributed by atoms with Crippen molar-refractivity contribution in [2.75, 3.05) is 13.6 Å². The Morgan fingerprint density at radius 1 is 1.30 bits per heavy atom. The molecule has 3 heterocycles. The number of aryl methyl sites for hydroxylation is 2. The number of hydrogen-bond acceptors (Lipinski definition) is 4. The molecule has 1 saturated heterocycles. The van der Waals surface area contributed by atoms with E-state index in [-0.39, 0.29) is 17.9 Å². The van der Waals surface area contributed by atoms with E-state index in [2.05, 4.69) is 21.5 Å². The fourth-order valence-corrected chi connectivity index (χ4v) is 3.21. The van der Waals surface area contributed by atoms with Crippen LogP contribution in [0.1, 0.15) is 29.3 Å². The fraction of sp³-hybridized carbons (Fsp3) is 0.471. The predicted molar refractivity (Wildman–Crippen MR) is 87.5 cm³/mol. The molecule has 23 heavy (non-hydrogen) atoms. The molecule has 0 radical (unpaired) electrons. The highest BCUT2D eigenvalue weighted by Crippen LogP contribution is 2.36. The number of carbonyl (C=O) groups is 1. The van der Waals surface area contributed by atoms with Gasteiger partial charge in [0.25, 0.3) is 0 Å². The first-order chi connectivity index (χ1) is 11.0. The van der Waals surface area contributed by atoms with Crippen molar-refractivity contribution in [3.8, 4) is 0 Å². The van der Waals surface area contributed by atoms with Gasteiger partial charge in [-0.25, -0.2) is 0 Å². The minimum atomic E-state index is 0.0923. The third-order valence-electron chi connectivity index (χ3n) is 4.45. The Hall–Kier alpha value is -2.21. The number of aromatic nitrogens is 3. The van der Waals surface area contributed by atoms with E-state index in [0.717, 1.165) is 23.4 Å². The van der Waals surface area contributed by atoms with Crippen LogP contribution in [0.5, 0.6) is 0 Å². The molecule has 0 aliphatic carbocycles. The Morgan fingerprint density at radius 2 is 2.13 bits per heavy atom. The van der Waals surface area contributed by atoms with E-state index in [1.807, 2.05) is 50.6 Å². The van der Waals surface area contributed by atoms with Crippen LogP contribution in [0.15, 0.2) is 30.7 Å². The Kier molecular flexibility index (Phi) is 4.43. The molecule has 1 aliphatic heterocycles. The minimum absolute atomic E-state index is 0.0923. The van der Waals surface area contributed by atoms with Crippen LogP contribution in [0.3, 0.4) is 0 Å². The molecular formula is C17H23N5O. The zero-order valence-corrected chi connectivity index (χ0v) is 13.9. The van der Waals surface area contributed by atoms with Crippen molar-refractivity contribution < 1.29 is 4.79 Å². The van der Waals surface area contributed by atoms with E-state index in [9.17, 15) is 4.79 Å². The number of rotatable bonds is 5. The average Bonchev–Trinajstić information content (AvgIpc) is 3.06. The lowest BCUT2D eigenvalue weighted by molar-refractivity contribution is -0.127. The molecule has 2 aromatic heterocycles. The van der Waals surface area contributed by atoms with Crippen molar-refractivity contribution in [2.45, 2.75) is 25.9 Å². The number of nitrogens with one attached hydrogen (secondary N) is 1. The number of nitrogens with zero attached hydrogens (tertiary/aromatic N) is 4. The van der Waals surface area contributed by atoms with Crippen LogP contribution in [-0.4, -0.2) is 39.2 Å². The molecule has 0 bridgehead atoms. The van der Waals surface area contributed by atoms with Gasteiger partial charge in [-0.1, -0.05) is 6.07 Å². The topological polar surface area (TPSA) is 63.1 Å². The van der Waals surface area contributed by atoms with Crippen LogP contribution >= 0.6 is 0 Å². The molecule has 0 spiro atoms. The van der Waals surface area contributed by atoms with Gasteiger partial charge in [0.15, 0.2) is 0 Å². The summed E-state index contributed by atoms with van der Waals surface area (Å²) in [5.74, 6) is 0.446. The van der Waals surface area contributed by atoms with Crippen molar-refractivity contribution in [3.05, 3.63) is 47.5 Å². The summed E-state index contributed by atoms with van der Waals surface area (Å²) in [5, 5.41) is 7.68. The smallest absolute Gasteiger partial charge is 0.223 e. The van der Waals surface area contributed by atoms with E-state index in [1.54, 1.807) is 4.68 Å². The number of pyridine rings is 1. The SMILES string of the molecule is Cc1ccc(CNC[C@@H]2CC(=O)N(C)[C@H]2c2cnn(C)c2)nc1. The minimum Gasteiger partial charge on any atom is -0.338 e. The number of carbonyl (C=O) groups excluding carboxylic acids is 1. The van der Waals surface area contributed by atoms with Crippen molar-refractivity contribution in [3.63, 3.8) is 0 Å². The summed E-state index contributed by atoms with van der Waals surface area (Å²) in [6.45, 7) is 3.53. The van der Waals surface area contributed by atoms with Gasteiger partial charge in [-0.2, -0.15) is 5.10 Å². The van der Waals surface area contributed by atoms with E-state index in [1.165, 1.54) is 0 Å². The lowest BCUT2D eigenvalue weighted by atomic mass is 9.96. The maximum Gasteiger partial charge on any atom is 0.223 e. The second-order valence-corrected chi connectivity index (χ2v) is 6.32. The Morgan fingerprint density at radius 3 is 2.78 bits per heavy atom. The molecule has 0 saturated carbocycles. The van der Waals surface area contributed by atoms with Crippen LogP contribution in [0.2, 0.25) is 0 Å². The van der Waals surface area contributed by atoms with Gasteiger partial charge in [-0.3, -0.25) is 14.5 Å². The standard InChI is InChI=1S/C17H23N5O/c1-12-4-5-15(19-7-12)10-18-8-13-6-16(23)22(3)17(13)14-9-20-21(2)11-14/h4-5,7,9,11,13,17-18H,6,8,10H2,1-3H3/t13-,17+/m0/s1. The Bertz CT molecular complexity index is 679. The second-order valence-electron chi connectivity index (χ2n) is 6.32. The van der Waals surface area contributed by atoms with Gasteiger partial charge in [0.05, 0.1) is 17.9 Å². The van der Waals surface area contributed by atoms with Gasteiger partial charge in [-0.15, -0.1) is 0 Å². The normalized spacial score (nSPS) is 21.2. The Balaban J connectivity index is 1.63. The van der Waals surface area contributed by atoms with E-state index < -0.39 is 0 Å². The summed E-state index contributed by atoms with van der Waals surface area (Å²) >= 11 is 0. The highest BCUT2D eigenvalue weighted by atomic mass is 16.2. The zero-order valence-electron chi connectivity index (χ0n) is 13.9. The van der Waals surface area contributed by atoms with E-state index in [4.69, 9.17) is 0 Å². The van der Waals surface area contributed by atoms with Gasteiger partial charge in [-0.05, 0) is 18.6 Å². The molecule has 6 nitrogen and oxygen atoms in total. The second kappa shape index (κ2) is 6.50. The van der Waals surface area contributed by atoms with Crippen LogP contribution in [-0.2, 0) is 18.4 Å². The first-order valence-corrected chi connectivity index (χ1v) is 7.91. The highest BCUT2D eigenvalue weighted by Gasteiger charge is 2.38. The van der Waals surface area contributed by atoms with Crippen LogP contribution in [0, 0.1) is 12.8 Å². The summed E-state index contributed by atoms with van der Waals surface area (Å²) in [6.07, 6.45) is 6.30. The summed E-state index contributed by atoms with van der Waals surface area (Å²) in [5.41, 5.74) is 3.28. The van der Waals surface area contributed by atoms with Crippen molar-refractivity contribution >= 4 is 5.91 Å². The van der Waals surface area contributed by atoms with Crippen molar-refractivity contribution in [2.24, 2.45) is 13.0 Å². The summed E-state index contributed by atoms with van der Waals surface area (Å²) in [6, 6.07) is 4.19. The van der Waals surface area contributed by atoms with Gasteiger partial charge >= 0.3 is 0 Å². The van der Waals surface area contributed by atoms with Gasteiger partial charge in [0.1, 0.15) is 0 Å². The van der Waals surface area contributed by atoms with Crippen LogP contribution in [0.4, 0.5) is 0 Å². The largest absolute Gasteiger partial charge is 0.338 e. The molecule has 3 rings (SSSR count). The molecular weight excluding hydrogens is 290 g/mol. The lowest BCUT2D eigenvalue weighted by Gasteiger charge is -2.24. The number of hydrogen-bond donors (Lipinski definition) is 1. The highest BCUT2D eigenvalue weighted by molar-refractivity contribution is 5.79. The third kappa shape index (κ3) is 3.42. The molecule has 1 N–H and O–H groups in total. The summed E-state index contributed by atoms with van der Waals surface area (Å²) in [4.78, 5) is 18.3. The average molecular weight is 313 g/mol. The zero-order chi connectivity index (χ0) is 16.4. The fourth-order valence-electron chi connectivity index (χ4n) is 3.21. The molecule has 1 amide bonds. The summed E-state index contributed by atoms with van der Waals surface area (Å²) < 4.78 is 1.78.